The molecule has 1 atom stereocenters. The van der Waals surface area contributed by atoms with E-state index in [4.69, 9.17) is 10.00 Å². The third kappa shape index (κ3) is 3.53. The van der Waals surface area contributed by atoms with Crippen LogP contribution in [0.2, 0.25) is 0 Å². The summed E-state index contributed by atoms with van der Waals surface area (Å²) in [4.78, 5) is 18.9. The average Bonchev–Trinajstić information content (AvgIpc) is 2.69. The molecule has 6 nitrogen and oxygen atoms in total. The van der Waals surface area contributed by atoms with Crippen LogP contribution in [0, 0.1) is 17.2 Å². The average molecular weight is 348 g/mol. The molecule has 26 heavy (non-hydrogen) atoms. The Kier molecular flexibility index (Phi) is 4.55. The Morgan fingerprint density at radius 3 is 2.62 bits per heavy atom. The fourth-order valence-electron chi connectivity index (χ4n) is 3.73. The van der Waals surface area contributed by atoms with Crippen LogP contribution in [-0.4, -0.2) is 41.5 Å². The SMILES string of the molecule is N#Cc1cc(Oc2ccc(C(=O)N[C@H]3CN4CCC3CC4)cc2)ccn1. The van der Waals surface area contributed by atoms with Crippen LogP contribution in [0.15, 0.2) is 42.6 Å². The fourth-order valence-corrected chi connectivity index (χ4v) is 3.73. The van der Waals surface area contributed by atoms with E-state index in [0.29, 0.717) is 28.7 Å². The molecule has 0 radical (unpaired) electrons. The van der Waals surface area contributed by atoms with Crippen molar-refractivity contribution < 1.29 is 9.53 Å². The van der Waals surface area contributed by atoms with Gasteiger partial charge in [0.1, 0.15) is 23.3 Å². The van der Waals surface area contributed by atoms with Crippen LogP contribution in [0.1, 0.15) is 28.9 Å². The van der Waals surface area contributed by atoms with Gasteiger partial charge in [0, 0.05) is 30.4 Å². The number of hydrogen-bond acceptors (Lipinski definition) is 5. The van der Waals surface area contributed by atoms with Crippen molar-refractivity contribution in [2.75, 3.05) is 19.6 Å². The maximum Gasteiger partial charge on any atom is 0.251 e. The van der Waals surface area contributed by atoms with Crippen molar-refractivity contribution in [2.24, 2.45) is 5.92 Å². The van der Waals surface area contributed by atoms with Crippen LogP contribution in [0.3, 0.4) is 0 Å². The first-order valence-corrected chi connectivity index (χ1v) is 8.88. The second-order valence-corrected chi connectivity index (χ2v) is 6.83. The number of carbonyl (C=O) groups is 1. The number of nitrogens with zero attached hydrogens (tertiary/aromatic N) is 3. The molecular weight excluding hydrogens is 328 g/mol. The lowest BCUT2D eigenvalue weighted by Gasteiger charge is -2.44. The van der Waals surface area contributed by atoms with Crippen LogP contribution >= 0.6 is 0 Å². The third-order valence-corrected chi connectivity index (χ3v) is 5.17. The summed E-state index contributed by atoms with van der Waals surface area (Å²) in [6.45, 7) is 3.28. The van der Waals surface area contributed by atoms with E-state index >= 15 is 0 Å². The quantitative estimate of drug-likeness (QED) is 0.919. The lowest BCUT2D eigenvalue weighted by atomic mass is 9.84. The highest BCUT2D eigenvalue weighted by Crippen LogP contribution is 2.28. The van der Waals surface area contributed by atoms with Gasteiger partial charge in [0.25, 0.3) is 5.91 Å². The van der Waals surface area contributed by atoms with Gasteiger partial charge in [0.2, 0.25) is 0 Å². The first-order valence-electron chi connectivity index (χ1n) is 8.88. The van der Waals surface area contributed by atoms with Gasteiger partial charge in [-0.05, 0) is 62.2 Å². The summed E-state index contributed by atoms with van der Waals surface area (Å²) in [5.41, 5.74) is 0.928. The number of ether oxygens (including phenoxy) is 1. The summed E-state index contributed by atoms with van der Waals surface area (Å²) in [5.74, 6) is 1.72. The van der Waals surface area contributed by atoms with Crippen molar-refractivity contribution >= 4 is 5.91 Å². The first kappa shape index (κ1) is 16.6. The molecule has 0 aliphatic carbocycles. The fraction of sp³-hybridized carbons (Fsp3) is 0.350. The standard InChI is InChI=1S/C20H20N4O2/c21-12-16-11-18(5-8-22-16)26-17-3-1-15(2-4-17)20(25)23-19-13-24-9-6-14(19)7-10-24/h1-5,8,11,14,19H,6-7,9-10,13H2,(H,23,25)/t19-/m0/s1. The molecule has 1 amide bonds. The highest BCUT2D eigenvalue weighted by atomic mass is 16.5. The minimum atomic E-state index is -0.0361. The molecule has 1 aromatic carbocycles. The molecule has 0 unspecified atom stereocenters. The number of aromatic nitrogens is 1. The smallest absolute Gasteiger partial charge is 0.251 e. The monoisotopic (exact) mass is 348 g/mol. The molecule has 3 aliphatic heterocycles. The van der Waals surface area contributed by atoms with Gasteiger partial charge in [-0.2, -0.15) is 5.26 Å². The van der Waals surface area contributed by atoms with E-state index in [1.807, 2.05) is 6.07 Å². The predicted octanol–water partition coefficient (Wildman–Crippen LogP) is 2.57. The van der Waals surface area contributed by atoms with Gasteiger partial charge in [-0.1, -0.05) is 0 Å². The second kappa shape index (κ2) is 7.14. The molecule has 3 aliphatic rings. The summed E-state index contributed by atoms with van der Waals surface area (Å²) >= 11 is 0. The number of fused-ring (bicyclic) bond motifs is 3. The maximum atomic E-state index is 12.5. The number of nitrogens with one attached hydrogen (secondary N) is 1. The number of carbonyl (C=O) groups excluding carboxylic acids is 1. The molecule has 4 heterocycles. The maximum absolute atomic E-state index is 12.5. The second-order valence-electron chi connectivity index (χ2n) is 6.83. The van der Waals surface area contributed by atoms with Crippen LogP contribution in [0.4, 0.5) is 0 Å². The van der Waals surface area contributed by atoms with E-state index in [1.54, 1.807) is 36.4 Å². The van der Waals surface area contributed by atoms with Gasteiger partial charge in [0.15, 0.2) is 0 Å². The number of benzene rings is 1. The third-order valence-electron chi connectivity index (χ3n) is 5.17. The van der Waals surface area contributed by atoms with Gasteiger partial charge in [-0.25, -0.2) is 4.98 Å². The Balaban J connectivity index is 1.39. The van der Waals surface area contributed by atoms with E-state index in [0.717, 1.165) is 19.6 Å². The normalized spacial score (nSPS) is 23.9. The Bertz CT molecular complexity index is 836. The Morgan fingerprint density at radius 1 is 1.19 bits per heavy atom. The van der Waals surface area contributed by atoms with Crippen LogP contribution in [-0.2, 0) is 0 Å². The summed E-state index contributed by atoms with van der Waals surface area (Å²) < 4.78 is 5.72. The van der Waals surface area contributed by atoms with Crippen molar-refractivity contribution in [3.63, 3.8) is 0 Å². The van der Waals surface area contributed by atoms with Gasteiger partial charge in [-0.3, -0.25) is 4.79 Å². The Morgan fingerprint density at radius 2 is 1.96 bits per heavy atom. The number of rotatable bonds is 4. The number of pyridine rings is 1. The number of hydrogen-bond donors (Lipinski definition) is 1. The zero-order valence-electron chi connectivity index (χ0n) is 14.4. The molecule has 3 saturated heterocycles. The lowest BCUT2D eigenvalue weighted by Crippen LogP contribution is -2.57. The van der Waals surface area contributed by atoms with Crippen molar-refractivity contribution in [3.05, 3.63) is 53.9 Å². The van der Waals surface area contributed by atoms with E-state index in [2.05, 4.69) is 15.2 Å². The minimum absolute atomic E-state index is 0.0361. The molecule has 2 aromatic rings. The van der Waals surface area contributed by atoms with Gasteiger partial charge < -0.3 is 15.0 Å². The molecule has 132 valence electrons. The lowest BCUT2D eigenvalue weighted by molar-refractivity contribution is 0.0620. The summed E-state index contributed by atoms with van der Waals surface area (Å²) in [6.07, 6.45) is 3.88. The molecule has 1 aromatic heterocycles. The van der Waals surface area contributed by atoms with E-state index < -0.39 is 0 Å². The molecule has 0 saturated carbocycles. The topological polar surface area (TPSA) is 78.2 Å². The van der Waals surface area contributed by atoms with E-state index in [-0.39, 0.29) is 11.9 Å². The van der Waals surface area contributed by atoms with Gasteiger partial charge >= 0.3 is 0 Å². The number of nitriles is 1. The largest absolute Gasteiger partial charge is 0.457 e. The Labute approximate surface area is 152 Å². The first-order chi connectivity index (χ1) is 12.7. The highest BCUT2D eigenvalue weighted by molar-refractivity contribution is 5.94. The summed E-state index contributed by atoms with van der Waals surface area (Å²) in [7, 11) is 0. The van der Waals surface area contributed by atoms with Crippen molar-refractivity contribution in [1.29, 1.82) is 5.26 Å². The number of amides is 1. The minimum Gasteiger partial charge on any atom is -0.457 e. The molecule has 3 fully saturated rings. The highest BCUT2D eigenvalue weighted by Gasteiger charge is 2.34. The Hall–Kier alpha value is -2.91. The van der Waals surface area contributed by atoms with Crippen LogP contribution in [0.25, 0.3) is 0 Å². The molecular formula is C20H20N4O2. The number of piperidine rings is 3. The molecule has 0 spiro atoms. The van der Waals surface area contributed by atoms with Crippen molar-refractivity contribution in [2.45, 2.75) is 18.9 Å². The van der Waals surface area contributed by atoms with Crippen molar-refractivity contribution in [1.82, 2.24) is 15.2 Å². The van der Waals surface area contributed by atoms with Gasteiger partial charge in [-0.15, -0.1) is 0 Å². The molecule has 1 N–H and O–H groups in total. The predicted molar refractivity (Wildman–Crippen MR) is 95.9 cm³/mol. The van der Waals surface area contributed by atoms with Crippen LogP contribution < -0.4 is 10.1 Å². The molecule has 6 heteroatoms. The van der Waals surface area contributed by atoms with E-state index in [9.17, 15) is 4.79 Å². The van der Waals surface area contributed by atoms with Gasteiger partial charge in [0.05, 0.1) is 0 Å². The zero-order chi connectivity index (χ0) is 17.9. The molecule has 5 rings (SSSR count). The summed E-state index contributed by atoms with van der Waals surface area (Å²) in [6, 6.07) is 12.5. The summed E-state index contributed by atoms with van der Waals surface area (Å²) in [5, 5.41) is 12.1. The molecule has 2 bridgehead atoms. The zero-order valence-corrected chi connectivity index (χ0v) is 14.4. The van der Waals surface area contributed by atoms with E-state index in [1.165, 1.54) is 19.0 Å². The van der Waals surface area contributed by atoms with Crippen molar-refractivity contribution in [3.8, 4) is 17.6 Å². The van der Waals surface area contributed by atoms with Crippen LogP contribution in [0.5, 0.6) is 11.5 Å².